The zero-order valence-electron chi connectivity index (χ0n) is 16.3. The highest BCUT2D eigenvalue weighted by Gasteiger charge is 2.46. The fourth-order valence-corrected chi connectivity index (χ4v) is 3.97. The molecule has 0 radical (unpaired) electrons. The monoisotopic (exact) mass is 390 g/mol. The lowest BCUT2D eigenvalue weighted by atomic mass is 9.72. The number of amides is 1. The number of allylic oxidation sites excluding steroid dienone is 1. The van der Waals surface area contributed by atoms with E-state index in [1.807, 2.05) is 13.0 Å². The first-order valence-electron chi connectivity index (χ1n) is 9.26. The summed E-state index contributed by atoms with van der Waals surface area (Å²) in [6.07, 6.45) is 4.13. The Balaban J connectivity index is 0.000000878. The third-order valence-corrected chi connectivity index (χ3v) is 5.23. The third kappa shape index (κ3) is 4.49. The van der Waals surface area contributed by atoms with Crippen LogP contribution >= 0.6 is 0 Å². The van der Waals surface area contributed by atoms with Gasteiger partial charge in [0.2, 0.25) is 0 Å². The number of aromatic nitrogens is 1. The molecule has 152 valence electrons. The maximum Gasteiger partial charge on any atom is 0.309 e. The number of carbonyl (C=O) groups is 3. The Labute approximate surface area is 163 Å². The van der Waals surface area contributed by atoms with Gasteiger partial charge in [0.05, 0.1) is 12.5 Å². The maximum atomic E-state index is 12.8. The fraction of sp³-hybridized carbons (Fsp3) is 0.500. The molecule has 1 fully saturated rings. The average molecular weight is 390 g/mol. The van der Waals surface area contributed by atoms with Crippen LogP contribution < -0.4 is 5.56 Å². The summed E-state index contributed by atoms with van der Waals surface area (Å²) in [7, 11) is 0. The molecule has 28 heavy (non-hydrogen) atoms. The van der Waals surface area contributed by atoms with E-state index in [1.54, 1.807) is 30.9 Å². The van der Waals surface area contributed by atoms with E-state index in [-0.39, 0.29) is 53.1 Å². The van der Waals surface area contributed by atoms with Crippen molar-refractivity contribution < 1.29 is 24.2 Å². The van der Waals surface area contributed by atoms with E-state index in [1.165, 1.54) is 0 Å². The predicted octanol–water partition coefficient (Wildman–Crippen LogP) is 1.46. The molecule has 1 aliphatic carbocycles. The van der Waals surface area contributed by atoms with Gasteiger partial charge in [-0.25, -0.2) is 0 Å². The molecule has 0 saturated carbocycles. The average Bonchev–Trinajstić information content (AvgIpc) is 3.06. The molecule has 1 aromatic rings. The van der Waals surface area contributed by atoms with E-state index in [2.05, 4.69) is 11.1 Å². The van der Waals surface area contributed by atoms with E-state index in [4.69, 9.17) is 14.6 Å². The lowest BCUT2D eigenvalue weighted by molar-refractivity contribution is -0.152. The Morgan fingerprint density at radius 2 is 2.00 bits per heavy atom. The number of nitrogens with zero attached hydrogens (tertiary/aromatic N) is 1. The molecular formula is C20H26N2O6. The Bertz CT molecular complexity index is 815. The molecule has 0 bridgehead atoms. The number of fused-ring (bicyclic) bond motifs is 1. The molecule has 0 aromatic carbocycles. The molecule has 0 spiro atoms. The number of hydrogen-bond donors (Lipinski definition) is 2. The molecule has 4 atom stereocenters. The number of aromatic amines is 1. The molecular weight excluding hydrogens is 364 g/mol. The largest absolute Gasteiger partial charge is 0.483 e. The lowest BCUT2D eigenvalue weighted by Gasteiger charge is -2.31. The summed E-state index contributed by atoms with van der Waals surface area (Å²) in [5, 5.41) is 6.89. The lowest BCUT2D eigenvalue weighted by Crippen LogP contribution is -2.38. The molecule has 2 heterocycles. The van der Waals surface area contributed by atoms with E-state index in [0.717, 1.165) is 5.69 Å². The smallest absolute Gasteiger partial charge is 0.309 e. The minimum atomic E-state index is -0.370. The summed E-state index contributed by atoms with van der Waals surface area (Å²) in [6.45, 7) is 6.67. The zero-order valence-corrected chi connectivity index (χ0v) is 16.3. The summed E-state index contributed by atoms with van der Waals surface area (Å²) in [5.41, 5.74) is 0.496. The minimum Gasteiger partial charge on any atom is -0.483 e. The number of carboxylic acid groups (broad SMARTS) is 1. The van der Waals surface area contributed by atoms with Crippen molar-refractivity contribution in [2.45, 2.75) is 20.8 Å². The van der Waals surface area contributed by atoms with Crippen LogP contribution in [0.15, 0.2) is 29.1 Å². The summed E-state index contributed by atoms with van der Waals surface area (Å²) in [5.74, 6) is -0.482. The van der Waals surface area contributed by atoms with Crippen LogP contribution in [0.3, 0.4) is 0 Å². The SMILES string of the molecule is CCOC(=O)[C@@H]1[C@H]2CN(C(=O)c3ccc(C)[nH]c3=O)C[C@@H]2C=C[C@@H]1C.O=CO. The van der Waals surface area contributed by atoms with Crippen LogP contribution in [0.25, 0.3) is 0 Å². The van der Waals surface area contributed by atoms with Crippen LogP contribution in [0.1, 0.15) is 29.9 Å². The summed E-state index contributed by atoms with van der Waals surface area (Å²) >= 11 is 0. The molecule has 1 amide bonds. The topological polar surface area (TPSA) is 117 Å². The summed E-state index contributed by atoms with van der Waals surface area (Å²) in [4.78, 5) is 49.9. The first kappa shape index (κ1) is 21.4. The highest BCUT2D eigenvalue weighted by Crippen LogP contribution is 2.40. The number of likely N-dealkylation sites (tertiary alicyclic amines) is 1. The van der Waals surface area contributed by atoms with Crippen LogP contribution in [0.4, 0.5) is 0 Å². The van der Waals surface area contributed by atoms with Gasteiger partial charge in [-0.2, -0.15) is 0 Å². The predicted molar refractivity (Wildman–Crippen MR) is 102 cm³/mol. The van der Waals surface area contributed by atoms with Gasteiger partial charge in [0, 0.05) is 18.8 Å². The molecule has 2 N–H and O–H groups in total. The van der Waals surface area contributed by atoms with Crippen molar-refractivity contribution in [1.82, 2.24) is 9.88 Å². The number of aryl methyl sites for hydroxylation is 1. The number of pyridine rings is 1. The first-order valence-corrected chi connectivity index (χ1v) is 9.26. The van der Waals surface area contributed by atoms with Gasteiger partial charge < -0.3 is 19.7 Å². The van der Waals surface area contributed by atoms with Gasteiger partial charge >= 0.3 is 5.97 Å². The third-order valence-electron chi connectivity index (χ3n) is 5.23. The van der Waals surface area contributed by atoms with Gasteiger partial charge in [0.1, 0.15) is 5.56 Å². The van der Waals surface area contributed by atoms with Gasteiger partial charge in [-0.15, -0.1) is 0 Å². The second kappa shape index (κ2) is 9.34. The highest BCUT2D eigenvalue weighted by atomic mass is 16.5. The van der Waals surface area contributed by atoms with Gasteiger partial charge in [-0.05, 0) is 43.7 Å². The van der Waals surface area contributed by atoms with E-state index in [9.17, 15) is 14.4 Å². The van der Waals surface area contributed by atoms with Crippen LogP contribution in [0.2, 0.25) is 0 Å². The molecule has 3 rings (SSSR count). The van der Waals surface area contributed by atoms with Gasteiger partial charge in [-0.3, -0.25) is 19.2 Å². The second-order valence-corrected chi connectivity index (χ2v) is 7.05. The van der Waals surface area contributed by atoms with Crippen molar-refractivity contribution in [2.24, 2.45) is 23.7 Å². The Morgan fingerprint density at radius 3 is 2.61 bits per heavy atom. The van der Waals surface area contributed by atoms with Crippen LogP contribution in [0.5, 0.6) is 0 Å². The van der Waals surface area contributed by atoms with Crippen molar-refractivity contribution in [2.75, 3.05) is 19.7 Å². The van der Waals surface area contributed by atoms with Crippen molar-refractivity contribution in [3.05, 3.63) is 45.9 Å². The number of ether oxygens (including phenoxy) is 1. The molecule has 8 heteroatoms. The molecule has 0 unspecified atom stereocenters. The van der Waals surface area contributed by atoms with Gasteiger partial charge in [0.15, 0.2) is 0 Å². The highest BCUT2D eigenvalue weighted by molar-refractivity contribution is 5.94. The van der Waals surface area contributed by atoms with Gasteiger partial charge in [-0.1, -0.05) is 19.1 Å². The maximum absolute atomic E-state index is 12.8. The van der Waals surface area contributed by atoms with Gasteiger partial charge in [0.25, 0.3) is 17.9 Å². The Kier molecular flexibility index (Phi) is 7.14. The number of rotatable bonds is 3. The molecule has 1 saturated heterocycles. The molecule has 1 aliphatic heterocycles. The van der Waals surface area contributed by atoms with Crippen molar-refractivity contribution >= 4 is 18.3 Å². The fourth-order valence-electron chi connectivity index (χ4n) is 3.97. The molecule has 2 aliphatic rings. The minimum absolute atomic E-state index is 0.0347. The normalized spacial score (nSPS) is 25.3. The van der Waals surface area contributed by atoms with Crippen molar-refractivity contribution in [3.8, 4) is 0 Å². The zero-order chi connectivity index (χ0) is 20.8. The first-order chi connectivity index (χ1) is 13.3. The summed E-state index contributed by atoms with van der Waals surface area (Å²) < 4.78 is 5.24. The number of hydrogen-bond acceptors (Lipinski definition) is 5. The number of esters is 1. The van der Waals surface area contributed by atoms with E-state index >= 15 is 0 Å². The van der Waals surface area contributed by atoms with Crippen LogP contribution in [-0.2, 0) is 14.3 Å². The Hall–Kier alpha value is -2.90. The molecule has 1 aromatic heterocycles. The van der Waals surface area contributed by atoms with E-state index < -0.39 is 0 Å². The standard InChI is InChI=1S/C19H24N2O4.CH2O2/c1-4-25-19(24)16-11(2)5-7-13-9-21(10-15(13)16)18(23)14-8-6-12(3)20-17(14)22;2-1-3/h5-8,11,13,15-16H,4,9-10H2,1-3H3,(H,20,22);1H,(H,2,3)/t11-,13-,15-,16-;/m0./s1. The van der Waals surface area contributed by atoms with Crippen LogP contribution in [-0.4, -0.2) is 53.0 Å². The molecule has 8 nitrogen and oxygen atoms in total. The number of nitrogens with one attached hydrogen (secondary N) is 1. The van der Waals surface area contributed by atoms with Crippen molar-refractivity contribution in [1.29, 1.82) is 0 Å². The second-order valence-electron chi connectivity index (χ2n) is 7.05. The quantitative estimate of drug-likeness (QED) is 0.458. The Morgan fingerprint density at radius 1 is 1.32 bits per heavy atom. The summed E-state index contributed by atoms with van der Waals surface area (Å²) in [6, 6.07) is 3.29. The number of carbonyl (C=O) groups excluding carboxylic acids is 2. The number of H-pyrrole nitrogens is 1. The van der Waals surface area contributed by atoms with Crippen molar-refractivity contribution in [3.63, 3.8) is 0 Å². The van der Waals surface area contributed by atoms with E-state index in [0.29, 0.717) is 19.7 Å². The van der Waals surface area contributed by atoms with Crippen LogP contribution in [0, 0.1) is 30.6 Å².